The van der Waals surface area contributed by atoms with Gasteiger partial charge in [-0.1, -0.05) is 0 Å². The number of fused-ring (bicyclic) bond motifs is 1. The second-order valence-electron chi connectivity index (χ2n) is 5.14. The Hall–Kier alpha value is -1.71. The molecule has 0 saturated carbocycles. The summed E-state index contributed by atoms with van der Waals surface area (Å²) in [5, 5.41) is 15.6. The van der Waals surface area contributed by atoms with Gasteiger partial charge in [0, 0.05) is 17.5 Å². The zero-order chi connectivity index (χ0) is 15.1. The molecule has 0 aliphatic heterocycles. The van der Waals surface area contributed by atoms with Crippen molar-refractivity contribution in [2.24, 2.45) is 0 Å². The van der Waals surface area contributed by atoms with Crippen molar-refractivity contribution >= 4 is 45.3 Å². The van der Waals surface area contributed by atoms with E-state index in [1.165, 1.54) is 12.1 Å². The number of carbonyl (C=O) groups excluding carboxylic acids is 1. The highest BCUT2D eigenvalue weighted by Crippen LogP contribution is 2.25. The second-order valence-corrected chi connectivity index (χ2v) is 6.16. The number of nitrogens with zero attached hydrogens (tertiary/aromatic N) is 3. The Kier molecular flexibility index (Phi) is 3.67. The fourth-order valence-corrected chi connectivity index (χ4v) is 2.30. The molecule has 1 aromatic carbocycles. The smallest absolute Gasteiger partial charge is 0.435 e. The molecule has 0 N–H and O–H groups in total. The fraction of sp³-hybridized carbons (Fsp3) is 0.333. The standard InChI is InChI=1S/C12H12IN3O4/c1-12(2,3)20-11(17)15-9-6-7(16(18)19)4-5-8(9)10(13)14-15/h4-6H,1-3H3. The molecule has 20 heavy (non-hydrogen) atoms. The second kappa shape index (κ2) is 5.00. The molecular formula is C12H12IN3O4. The summed E-state index contributed by atoms with van der Waals surface area (Å²) >= 11 is 1.97. The molecule has 0 bridgehead atoms. The van der Waals surface area contributed by atoms with Crippen molar-refractivity contribution in [2.45, 2.75) is 26.4 Å². The van der Waals surface area contributed by atoms with Gasteiger partial charge in [0.05, 0.1) is 10.4 Å². The summed E-state index contributed by atoms with van der Waals surface area (Å²) in [5.41, 5.74) is -0.405. The SMILES string of the molecule is CC(C)(C)OC(=O)n1nc(I)c2ccc([N+](=O)[O-])cc21. The largest absolute Gasteiger partial charge is 0.442 e. The van der Waals surface area contributed by atoms with Crippen molar-refractivity contribution in [1.29, 1.82) is 0 Å². The van der Waals surface area contributed by atoms with Gasteiger partial charge in [0.2, 0.25) is 0 Å². The average Bonchev–Trinajstić information content (AvgIpc) is 2.64. The molecule has 0 amide bonds. The zero-order valence-corrected chi connectivity index (χ0v) is 13.2. The number of hydrogen-bond acceptors (Lipinski definition) is 5. The van der Waals surface area contributed by atoms with Crippen molar-refractivity contribution in [2.75, 3.05) is 0 Å². The van der Waals surface area contributed by atoms with Crippen LogP contribution >= 0.6 is 22.6 Å². The number of nitro groups is 1. The Morgan fingerprint density at radius 3 is 2.65 bits per heavy atom. The highest BCUT2D eigenvalue weighted by molar-refractivity contribution is 14.1. The fourth-order valence-electron chi connectivity index (χ4n) is 1.62. The first-order valence-corrected chi connectivity index (χ1v) is 6.83. The topological polar surface area (TPSA) is 87.3 Å². The monoisotopic (exact) mass is 389 g/mol. The Morgan fingerprint density at radius 2 is 2.10 bits per heavy atom. The minimum Gasteiger partial charge on any atom is -0.442 e. The third-order valence-electron chi connectivity index (χ3n) is 2.40. The Balaban J connectivity index is 2.55. The van der Waals surface area contributed by atoms with Crippen LogP contribution in [0.25, 0.3) is 10.9 Å². The summed E-state index contributed by atoms with van der Waals surface area (Å²) in [6, 6.07) is 4.27. The van der Waals surface area contributed by atoms with Gasteiger partial charge in [0.15, 0.2) is 0 Å². The van der Waals surface area contributed by atoms with Gasteiger partial charge in [0.1, 0.15) is 9.30 Å². The van der Waals surface area contributed by atoms with Crippen LogP contribution in [0.1, 0.15) is 20.8 Å². The van der Waals surface area contributed by atoms with E-state index in [0.29, 0.717) is 14.6 Å². The lowest BCUT2D eigenvalue weighted by Crippen LogP contribution is -2.27. The van der Waals surface area contributed by atoms with E-state index in [2.05, 4.69) is 5.10 Å². The maximum Gasteiger partial charge on any atom is 0.435 e. The van der Waals surface area contributed by atoms with Gasteiger partial charge in [-0.25, -0.2) is 4.79 Å². The number of carbonyl (C=O) groups is 1. The maximum absolute atomic E-state index is 12.1. The van der Waals surface area contributed by atoms with Crippen LogP contribution in [0.15, 0.2) is 18.2 Å². The van der Waals surface area contributed by atoms with Crippen LogP contribution < -0.4 is 0 Å². The molecule has 0 unspecified atom stereocenters. The number of aromatic nitrogens is 2. The third-order valence-corrected chi connectivity index (χ3v) is 3.19. The highest BCUT2D eigenvalue weighted by atomic mass is 127. The van der Waals surface area contributed by atoms with Crippen molar-refractivity contribution in [3.8, 4) is 0 Å². The summed E-state index contributed by atoms with van der Waals surface area (Å²) in [7, 11) is 0. The van der Waals surface area contributed by atoms with Gasteiger partial charge in [-0.3, -0.25) is 10.1 Å². The van der Waals surface area contributed by atoms with E-state index in [0.717, 1.165) is 4.68 Å². The van der Waals surface area contributed by atoms with E-state index >= 15 is 0 Å². The Bertz CT molecular complexity index is 703. The minimum absolute atomic E-state index is 0.0985. The van der Waals surface area contributed by atoms with E-state index in [1.807, 2.05) is 22.6 Å². The summed E-state index contributed by atoms with van der Waals surface area (Å²) in [5.74, 6) is 0. The van der Waals surface area contributed by atoms with Crippen molar-refractivity contribution < 1.29 is 14.5 Å². The molecule has 7 nitrogen and oxygen atoms in total. The lowest BCUT2D eigenvalue weighted by molar-refractivity contribution is -0.384. The summed E-state index contributed by atoms with van der Waals surface area (Å²) < 4.78 is 6.87. The number of halogens is 1. The van der Waals surface area contributed by atoms with Crippen LogP contribution in [0.2, 0.25) is 0 Å². The van der Waals surface area contributed by atoms with E-state index < -0.39 is 16.6 Å². The highest BCUT2D eigenvalue weighted by Gasteiger charge is 2.22. The molecule has 1 aromatic heterocycles. The van der Waals surface area contributed by atoms with E-state index in [1.54, 1.807) is 26.8 Å². The molecule has 2 rings (SSSR count). The predicted octanol–water partition coefficient (Wildman–Crippen LogP) is 3.33. The number of benzene rings is 1. The molecule has 0 aliphatic carbocycles. The van der Waals surface area contributed by atoms with E-state index in [9.17, 15) is 14.9 Å². The van der Waals surface area contributed by atoms with Gasteiger partial charge >= 0.3 is 6.09 Å². The molecule has 1 heterocycles. The number of rotatable bonds is 1. The number of non-ortho nitro benzene ring substituents is 1. The zero-order valence-electron chi connectivity index (χ0n) is 11.1. The average molecular weight is 389 g/mol. The van der Waals surface area contributed by atoms with Crippen LogP contribution in [0.5, 0.6) is 0 Å². The van der Waals surface area contributed by atoms with Crippen LogP contribution in [0.3, 0.4) is 0 Å². The lowest BCUT2D eigenvalue weighted by Gasteiger charge is -2.19. The maximum atomic E-state index is 12.1. The van der Waals surface area contributed by atoms with E-state index in [4.69, 9.17) is 4.74 Å². The molecule has 0 spiro atoms. The number of nitro benzene ring substituents is 1. The molecule has 0 atom stereocenters. The normalized spacial score (nSPS) is 11.6. The van der Waals surface area contributed by atoms with E-state index in [-0.39, 0.29) is 5.69 Å². The lowest BCUT2D eigenvalue weighted by atomic mass is 10.2. The van der Waals surface area contributed by atoms with Crippen LogP contribution in [0.4, 0.5) is 10.5 Å². The molecule has 0 fully saturated rings. The predicted molar refractivity (Wildman–Crippen MR) is 80.7 cm³/mol. The molecule has 0 aliphatic rings. The first-order chi connectivity index (χ1) is 9.19. The van der Waals surface area contributed by atoms with Gasteiger partial charge in [0.25, 0.3) is 5.69 Å². The molecule has 0 saturated heterocycles. The summed E-state index contributed by atoms with van der Waals surface area (Å²) in [6.45, 7) is 5.22. The van der Waals surface area contributed by atoms with Crippen molar-refractivity contribution in [3.63, 3.8) is 0 Å². The summed E-state index contributed by atoms with van der Waals surface area (Å²) in [4.78, 5) is 22.4. The van der Waals surface area contributed by atoms with Crippen LogP contribution in [-0.4, -0.2) is 26.4 Å². The van der Waals surface area contributed by atoms with Crippen molar-refractivity contribution in [1.82, 2.24) is 9.78 Å². The van der Waals surface area contributed by atoms with Crippen LogP contribution in [0, 0.1) is 13.8 Å². The first-order valence-electron chi connectivity index (χ1n) is 5.75. The molecular weight excluding hydrogens is 377 g/mol. The van der Waals surface area contributed by atoms with Gasteiger partial charge in [-0.05, 0) is 49.4 Å². The molecule has 106 valence electrons. The van der Waals surface area contributed by atoms with Crippen molar-refractivity contribution in [3.05, 3.63) is 32.0 Å². The Morgan fingerprint density at radius 1 is 1.45 bits per heavy atom. The van der Waals surface area contributed by atoms with Gasteiger partial charge in [-0.2, -0.15) is 9.78 Å². The molecule has 2 aromatic rings. The molecule has 8 heteroatoms. The number of hydrogen-bond donors (Lipinski definition) is 0. The first kappa shape index (κ1) is 14.7. The van der Waals surface area contributed by atoms with Crippen LogP contribution in [-0.2, 0) is 4.74 Å². The minimum atomic E-state index is -0.665. The number of ether oxygens (including phenoxy) is 1. The summed E-state index contributed by atoms with van der Waals surface area (Å²) in [6.07, 6.45) is -0.661. The molecule has 0 radical (unpaired) electrons. The third kappa shape index (κ3) is 2.89. The van der Waals surface area contributed by atoms with Gasteiger partial charge < -0.3 is 4.74 Å². The Labute approximate surface area is 128 Å². The van der Waals surface area contributed by atoms with Gasteiger partial charge in [-0.15, -0.1) is 0 Å². The quantitative estimate of drug-likeness (QED) is 0.424.